The molecule has 104 valence electrons. The minimum atomic E-state index is -0.370. The van der Waals surface area contributed by atoms with Gasteiger partial charge in [0.15, 0.2) is 0 Å². The first-order valence-corrected chi connectivity index (χ1v) is 6.90. The summed E-state index contributed by atoms with van der Waals surface area (Å²) in [5.74, 6) is -0.370. The van der Waals surface area contributed by atoms with Gasteiger partial charge in [-0.2, -0.15) is 0 Å². The standard InChI is InChI=1S/C14H13Cl2N3O/c1-2-9-4-3-7-17-11(9)8-18-14(20)13-10(15)5-6-12(16)19-13/h3-7H,2,8H2,1H3,(H,18,20). The molecule has 0 saturated heterocycles. The quantitative estimate of drug-likeness (QED) is 0.882. The molecule has 0 unspecified atom stereocenters. The molecule has 2 rings (SSSR count). The highest BCUT2D eigenvalue weighted by atomic mass is 35.5. The van der Waals surface area contributed by atoms with Crippen molar-refractivity contribution in [3.05, 3.63) is 57.6 Å². The number of hydrogen-bond donors (Lipinski definition) is 1. The largest absolute Gasteiger partial charge is 0.345 e. The summed E-state index contributed by atoms with van der Waals surface area (Å²) >= 11 is 11.7. The van der Waals surface area contributed by atoms with Gasteiger partial charge in [0.2, 0.25) is 0 Å². The number of aromatic nitrogens is 2. The minimum Gasteiger partial charge on any atom is -0.345 e. The predicted molar refractivity (Wildman–Crippen MR) is 79.0 cm³/mol. The molecule has 0 aliphatic carbocycles. The average Bonchev–Trinajstić information content (AvgIpc) is 2.47. The van der Waals surface area contributed by atoms with Crippen LogP contribution in [0.25, 0.3) is 0 Å². The zero-order chi connectivity index (χ0) is 14.5. The van der Waals surface area contributed by atoms with E-state index < -0.39 is 0 Å². The molecule has 6 heteroatoms. The molecule has 1 N–H and O–H groups in total. The molecule has 0 radical (unpaired) electrons. The number of nitrogens with zero attached hydrogens (tertiary/aromatic N) is 2. The van der Waals surface area contributed by atoms with Crippen molar-refractivity contribution < 1.29 is 4.79 Å². The number of halogens is 2. The third kappa shape index (κ3) is 3.46. The Hall–Kier alpha value is -1.65. The molecule has 0 atom stereocenters. The van der Waals surface area contributed by atoms with Crippen LogP contribution in [0.4, 0.5) is 0 Å². The third-order valence-corrected chi connectivity index (χ3v) is 3.32. The fraction of sp³-hybridized carbons (Fsp3) is 0.214. The van der Waals surface area contributed by atoms with Crippen LogP contribution in [0.1, 0.15) is 28.7 Å². The summed E-state index contributed by atoms with van der Waals surface area (Å²) < 4.78 is 0. The number of aryl methyl sites for hydroxylation is 1. The molecule has 0 aliphatic rings. The zero-order valence-electron chi connectivity index (χ0n) is 10.9. The molecule has 0 bridgehead atoms. The Kier molecular flexibility index (Phi) is 4.93. The van der Waals surface area contributed by atoms with Crippen molar-refractivity contribution in [2.24, 2.45) is 0 Å². The summed E-state index contributed by atoms with van der Waals surface area (Å²) in [6, 6.07) is 6.94. The van der Waals surface area contributed by atoms with Gasteiger partial charge in [0.05, 0.1) is 17.3 Å². The number of carbonyl (C=O) groups excluding carboxylic acids is 1. The summed E-state index contributed by atoms with van der Waals surface area (Å²) in [4.78, 5) is 20.2. The van der Waals surface area contributed by atoms with Gasteiger partial charge in [-0.1, -0.05) is 36.2 Å². The lowest BCUT2D eigenvalue weighted by Crippen LogP contribution is -2.25. The van der Waals surface area contributed by atoms with E-state index in [0.717, 1.165) is 17.7 Å². The van der Waals surface area contributed by atoms with Crippen molar-refractivity contribution in [3.8, 4) is 0 Å². The van der Waals surface area contributed by atoms with E-state index in [-0.39, 0.29) is 21.8 Å². The van der Waals surface area contributed by atoms with Crippen molar-refractivity contribution in [2.75, 3.05) is 0 Å². The number of nitrogens with one attached hydrogen (secondary N) is 1. The van der Waals surface area contributed by atoms with Gasteiger partial charge in [-0.25, -0.2) is 4.98 Å². The number of hydrogen-bond acceptors (Lipinski definition) is 3. The van der Waals surface area contributed by atoms with Crippen LogP contribution in [0, 0.1) is 0 Å². The van der Waals surface area contributed by atoms with E-state index in [0.29, 0.717) is 6.54 Å². The summed E-state index contributed by atoms with van der Waals surface area (Å²) in [6.07, 6.45) is 2.56. The van der Waals surface area contributed by atoms with Crippen molar-refractivity contribution in [1.82, 2.24) is 15.3 Å². The molecule has 0 saturated carbocycles. The van der Waals surface area contributed by atoms with E-state index in [9.17, 15) is 4.79 Å². The molecule has 4 nitrogen and oxygen atoms in total. The van der Waals surface area contributed by atoms with Crippen LogP contribution in [0.2, 0.25) is 10.2 Å². The Morgan fingerprint density at radius 1 is 1.30 bits per heavy atom. The molecule has 0 spiro atoms. The lowest BCUT2D eigenvalue weighted by Gasteiger charge is -2.08. The molecule has 2 aromatic heterocycles. The van der Waals surface area contributed by atoms with Gasteiger partial charge >= 0.3 is 0 Å². The predicted octanol–water partition coefficient (Wildman–Crippen LogP) is 3.28. The topological polar surface area (TPSA) is 54.9 Å². The number of carbonyl (C=O) groups is 1. The molecule has 0 fully saturated rings. The van der Waals surface area contributed by atoms with Crippen molar-refractivity contribution >= 4 is 29.1 Å². The van der Waals surface area contributed by atoms with E-state index in [1.807, 2.05) is 19.1 Å². The molecule has 0 aliphatic heterocycles. The van der Waals surface area contributed by atoms with Crippen LogP contribution >= 0.6 is 23.2 Å². The normalized spacial score (nSPS) is 10.3. The summed E-state index contributed by atoms with van der Waals surface area (Å²) in [7, 11) is 0. The lowest BCUT2D eigenvalue weighted by molar-refractivity contribution is 0.0945. The molecule has 1 amide bonds. The molecule has 0 aromatic carbocycles. The fourth-order valence-electron chi connectivity index (χ4n) is 1.78. The SMILES string of the molecule is CCc1cccnc1CNC(=O)c1nc(Cl)ccc1Cl. The number of amides is 1. The summed E-state index contributed by atoms with van der Waals surface area (Å²) in [6.45, 7) is 2.37. The molecular weight excluding hydrogens is 297 g/mol. The van der Waals surface area contributed by atoms with Crippen molar-refractivity contribution in [3.63, 3.8) is 0 Å². The van der Waals surface area contributed by atoms with Gasteiger partial charge in [-0.15, -0.1) is 0 Å². The number of pyridine rings is 2. The Labute approximate surface area is 127 Å². The van der Waals surface area contributed by atoms with Gasteiger partial charge in [-0.05, 0) is 30.2 Å². The van der Waals surface area contributed by atoms with Gasteiger partial charge in [0, 0.05) is 6.20 Å². The average molecular weight is 310 g/mol. The first kappa shape index (κ1) is 14.8. The highest BCUT2D eigenvalue weighted by molar-refractivity contribution is 6.34. The maximum atomic E-state index is 12.0. The van der Waals surface area contributed by atoms with Gasteiger partial charge < -0.3 is 5.32 Å². The lowest BCUT2D eigenvalue weighted by atomic mass is 10.1. The monoisotopic (exact) mass is 309 g/mol. The summed E-state index contributed by atoms with van der Waals surface area (Å²) in [5, 5.41) is 3.25. The number of rotatable bonds is 4. The highest BCUT2D eigenvalue weighted by Crippen LogP contribution is 2.16. The van der Waals surface area contributed by atoms with E-state index in [1.54, 1.807) is 12.3 Å². The van der Waals surface area contributed by atoms with Crippen LogP contribution in [-0.4, -0.2) is 15.9 Å². The van der Waals surface area contributed by atoms with E-state index >= 15 is 0 Å². The molecule has 2 aromatic rings. The molecule has 2 heterocycles. The molecule has 20 heavy (non-hydrogen) atoms. The Balaban J connectivity index is 2.11. The third-order valence-electron chi connectivity index (χ3n) is 2.81. The first-order valence-electron chi connectivity index (χ1n) is 6.14. The first-order chi connectivity index (χ1) is 9.61. The van der Waals surface area contributed by atoms with Crippen molar-refractivity contribution in [2.45, 2.75) is 19.9 Å². The second-order valence-electron chi connectivity index (χ2n) is 4.11. The summed E-state index contributed by atoms with van der Waals surface area (Å²) in [5.41, 5.74) is 2.05. The van der Waals surface area contributed by atoms with Crippen LogP contribution in [0.3, 0.4) is 0 Å². The molecular formula is C14H13Cl2N3O. The Morgan fingerprint density at radius 3 is 2.85 bits per heavy atom. The van der Waals surface area contributed by atoms with Crippen LogP contribution in [0.5, 0.6) is 0 Å². The van der Waals surface area contributed by atoms with Crippen molar-refractivity contribution in [1.29, 1.82) is 0 Å². The van der Waals surface area contributed by atoms with Crippen LogP contribution in [-0.2, 0) is 13.0 Å². The Morgan fingerprint density at radius 2 is 2.10 bits per heavy atom. The maximum absolute atomic E-state index is 12.0. The van der Waals surface area contributed by atoms with Gasteiger partial charge in [0.25, 0.3) is 5.91 Å². The van der Waals surface area contributed by atoms with E-state index in [4.69, 9.17) is 23.2 Å². The highest BCUT2D eigenvalue weighted by Gasteiger charge is 2.13. The second kappa shape index (κ2) is 6.68. The zero-order valence-corrected chi connectivity index (χ0v) is 12.4. The van der Waals surface area contributed by atoms with Gasteiger partial charge in [-0.3, -0.25) is 9.78 Å². The van der Waals surface area contributed by atoms with Crippen LogP contribution < -0.4 is 5.32 Å². The van der Waals surface area contributed by atoms with Crippen LogP contribution in [0.15, 0.2) is 30.5 Å². The van der Waals surface area contributed by atoms with E-state index in [1.165, 1.54) is 6.07 Å². The fourth-order valence-corrected chi connectivity index (χ4v) is 2.12. The van der Waals surface area contributed by atoms with E-state index in [2.05, 4.69) is 15.3 Å². The smallest absolute Gasteiger partial charge is 0.271 e. The second-order valence-corrected chi connectivity index (χ2v) is 4.90. The maximum Gasteiger partial charge on any atom is 0.271 e. The minimum absolute atomic E-state index is 0.119. The van der Waals surface area contributed by atoms with Gasteiger partial charge in [0.1, 0.15) is 10.8 Å². The Bertz CT molecular complexity index is 632.